The molecule has 0 spiro atoms. The first-order chi connectivity index (χ1) is 7.83. The minimum Gasteiger partial charge on any atom is -0.368 e. The molecular weight excluding hydrogens is 202 g/mol. The minimum atomic E-state index is -0.137. The van der Waals surface area contributed by atoms with Gasteiger partial charge in [-0.3, -0.25) is 4.79 Å². The van der Waals surface area contributed by atoms with Crippen molar-refractivity contribution in [3.63, 3.8) is 0 Å². The van der Waals surface area contributed by atoms with Crippen LogP contribution in [0.4, 0.5) is 0 Å². The number of carbonyl (C=O) groups excluding carboxylic acids is 1. The minimum absolute atomic E-state index is 0.137. The van der Waals surface area contributed by atoms with Crippen LogP contribution in [-0.2, 0) is 9.53 Å². The predicted molar refractivity (Wildman–Crippen MR) is 63.2 cm³/mol. The van der Waals surface area contributed by atoms with Gasteiger partial charge in [-0.25, -0.2) is 0 Å². The summed E-state index contributed by atoms with van der Waals surface area (Å²) in [6.45, 7) is 3.68. The summed E-state index contributed by atoms with van der Waals surface area (Å²) < 4.78 is 5.50. The lowest BCUT2D eigenvalue weighted by Crippen LogP contribution is -2.46. The van der Waals surface area contributed by atoms with Crippen molar-refractivity contribution in [2.45, 2.75) is 64.0 Å². The Bertz CT molecular complexity index is 230. The molecule has 0 unspecified atom stereocenters. The first-order valence-electron chi connectivity index (χ1n) is 6.75. The number of hydrogen-bond acceptors (Lipinski definition) is 2. The molecule has 1 atom stereocenters. The van der Waals surface area contributed by atoms with Crippen LogP contribution in [0.1, 0.15) is 51.9 Å². The fourth-order valence-corrected chi connectivity index (χ4v) is 2.94. The van der Waals surface area contributed by atoms with Gasteiger partial charge in [-0.15, -0.1) is 0 Å². The first kappa shape index (κ1) is 11.9. The predicted octanol–water partition coefficient (Wildman–Crippen LogP) is 2.35. The van der Waals surface area contributed by atoms with Gasteiger partial charge >= 0.3 is 0 Å². The van der Waals surface area contributed by atoms with Gasteiger partial charge in [0.2, 0.25) is 0 Å². The van der Waals surface area contributed by atoms with E-state index in [1.54, 1.807) is 0 Å². The van der Waals surface area contributed by atoms with Crippen LogP contribution >= 0.6 is 0 Å². The van der Waals surface area contributed by atoms with Gasteiger partial charge in [-0.1, -0.05) is 19.3 Å². The molecule has 16 heavy (non-hydrogen) atoms. The molecule has 2 fully saturated rings. The maximum Gasteiger partial charge on any atom is 0.251 e. The maximum atomic E-state index is 12.3. The summed E-state index contributed by atoms with van der Waals surface area (Å²) in [5.74, 6) is 0.243. The highest BCUT2D eigenvalue weighted by molar-refractivity contribution is 5.81. The molecule has 3 heteroatoms. The van der Waals surface area contributed by atoms with E-state index in [0.717, 1.165) is 26.0 Å². The Morgan fingerprint density at radius 1 is 1.19 bits per heavy atom. The maximum absolute atomic E-state index is 12.3. The summed E-state index contributed by atoms with van der Waals surface area (Å²) in [5.41, 5.74) is 0. The number of carbonyl (C=O) groups is 1. The number of amides is 1. The fraction of sp³-hybridized carbons (Fsp3) is 0.923. The van der Waals surface area contributed by atoms with Gasteiger partial charge in [-0.05, 0) is 32.6 Å². The Labute approximate surface area is 98.1 Å². The Hall–Kier alpha value is -0.570. The molecule has 0 aromatic carbocycles. The molecular formula is C13H23NO2. The van der Waals surface area contributed by atoms with Crippen molar-refractivity contribution < 1.29 is 9.53 Å². The van der Waals surface area contributed by atoms with Gasteiger partial charge < -0.3 is 9.64 Å². The normalized spacial score (nSPS) is 26.9. The van der Waals surface area contributed by atoms with Crippen LogP contribution in [0.2, 0.25) is 0 Å². The molecule has 1 saturated carbocycles. The highest BCUT2D eigenvalue weighted by atomic mass is 16.5. The average molecular weight is 225 g/mol. The van der Waals surface area contributed by atoms with Crippen LogP contribution < -0.4 is 0 Å². The summed E-state index contributed by atoms with van der Waals surface area (Å²) in [6, 6.07) is 0.482. The third kappa shape index (κ3) is 2.57. The average Bonchev–Trinajstić information content (AvgIpc) is 2.85. The van der Waals surface area contributed by atoms with E-state index in [1.807, 2.05) is 0 Å². The van der Waals surface area contributed by atoms with Gasteiger partial charge in [0.05, 0.1) is 0 Å². The van der Waals surface area contributed by atoms with E-state index >= 15 is 0 Å². The smallest absolute Gasteiger partial charge is 0.251 e. The zero-order valence-electron chi connectivity index (χ0n) is 10.3. The van der Waals surface area contributed by atoms with Gasteiger partial charge in [0.15, 0.2) is 0 Å². The molecule has 0 aromatic rings. The molecule has 0 N–H and O–H groups in total. The number of hydrogen-bond donors (Lipinski definition) is 0. The molecule has 2 rings (SSSR count). The third-order valence-corrected chi connectivity index (χ3v) is 3.84. The quantitative estimate of drug-likeness (QED) is 0.738. The topological polar surface area (TPSA) is 29.5 Å². The highest BCUT2D eigenvalue weighted by Crippen LogP contribution is 2.24. The van der Waals surface area contributed by atoms with Crippen LogP contribution in [0.25, 0.3) is 0 Å². The van der Waals surface area contributed by atoms with E-state index in [9.17, 15) is 4.79 Å². The second kappa shape index (κ2) is 5.67. The Morgan fingerprint density at radius 3 is 2.50 bits per heavy atom. The Balaban J connectivity index is 1.94. The van der Waals surface area contributed by atoms with Gasteiger partial charge in [0, 0.05) is 19.2 Å². The standard InChI is InChI=1S/C13H23NO2/c1-2-14(11-7-4-3-5-8-11)13(15)12-9-6-10-16-12/h11-12H,2-10H2,1H3/t12-/m0/s1. The van der Waals surface area contributed by atoms with Crippen LogP contribution in [0.15, 0.2) is 0 Å². The van der Waals surface area contributed by atoms with Crippen molar-refractivity contribution in [1.82, 2.24) is 4.90 Å². The van der Waals surface area contributed by atoms with E-state index in [4.69, 9.17) is 4.74 Å². The number of nitrogens with zero attached hydrogens (tertiary/aromatic N) is 1. The number of rotatable bonds is 3. The molecule has 0 aromatic heterocycles. The monoisotopic (exact) mass is 225 g/mol. The summed E-state index contributed by atoms with van der Waals surface area (Å²) in [7, 11) is 0. The zero-order valence-corrected chi connectivity index (χ0v) is 10.3. The molecule has 3 nitrogen and oxygen atoms in total. The fourth-order valence-electron chi connectivity index (χ4n) is 2.94. The Morgan fingerprint density at radius 2 is 1.94 bits per heavy atom. The SMILES string of the molecule is CCN(C(=O)[C@@H]1CCCO1)C1CCCCC1. The summed E-state index contributed by atoms with van der Waals surface area (Å²) >= 11 is 0. The lowest BCUT2D eigenvalue weighted by molar-refractivity contribution is -0.143. The largest absolute Gasteiger partial charge is 0.368 e. The lowest BCUT2D eigenvalue weighted by Gasteiger charge is -2.34. The van der Waals surface area contributed by atoms with Crippen LogP contribution in [-0.4, -0.2) is 36.1 Å². The number of likely N-dealkylation sites (N-methyl/N-ethyl adjacent to an activating group) is 1. The van der Waals surface area contributed by atoms with Gasteiger partial charge in [0.25, 0.3) is 5.91 Å². The summed E-state index contributed by atoms with van der Waals surface area (Å²) in [4.78, 5) is 14.3. The van der Waals surface area contributed by atoms with Crippen LogP contribution in [0.5, 0.6) is 0 Å². The number of ether oxygens (including phenoxy) is 1. The molecule has 1 heterocycles. The highest BCUT2D eigenvalue weighted by Gasteiger charge is 2.31. The molecule has 1 amide bonds. The third-order valence-electron chi connectivity index (χ3n) is 3.84. The van der Waals surface area contributed by atoms with Gasteiger partial charge in [-0.2, -0.15) is 0 Å². The molecule has 0 radical (unpaired) electrons. The van der Waals surface area contributed by atoms with E-state index in [0.29, 0.717) is 6.04 Å². The van der Waals surface area contributed by atoms with Crippen LogP contribution in [0.3, 0.4) is 0 Å². The first-order valence-corrected chi connectivity index (χ1v) is 6.75. The zero-order chi connectivity index (χ0) is 11.4. The van der Waals surface area contributed by atoms with Crippen LogP contribution in [0, 0.1) is 0 Å². The molecule has 92 valence electrons. The second-order valence-corrected chi connectivity index (χ2v) is 4.92. The molecule has 1 aliphatic carbocycles. The Kier molecular flexibility index (Phi) is 4.22. The van der Waals surface area contributed by atoms with E-state index in [-0.39, 0.29) is 12.0 Å². The van der Waals surface area contributed by atoms with Crippen molar-refractivity contribution in [3.05, 3.63) is 0 Å². The van der Waals surface area contributed by atoms with Gasteiger partial charge in [0.1, 0.15) is 6.10 Å². The van der Waals surface area contributed by atoms with Crippen molar-refractivity contribution >= 4 is 5.91 Å². The van der Waals surface area contributed by atoms with Crippen molar-refractivity contribution in [2.24, 2.45) is 0 Å². The molecule has 0 bridgehead atoms. The van der Waals surface area contributed by atoms with Crippen molar-refractivity contribution in [1.29, 1.82) is 0 Å². The van der Waals surface area contributed by atoms with Crippen molar-refractivity contribution in [2.75, 3.05) is 13.2 Å². The van der Waals surface area contributed by atoms with E-state index in [2.05, 4.69) is 11.8 Å². The van der Waals surface area contributed by atoms with E-state index < -0.39 is 0 Å². The summed E-state index contributed by atoms with van der Waals surface area (Å²) in [6.07, 6.45) is 8.09. The van der Waals surface area contributed by atoms with Crippen molar-refractivity contribution in [3.8, 4) is 0 Å². The lowest BCUT2D eigenvalue weighted by atomic mass is 9.93. The second-order valence-electron chi connectivity index (χ2n) is 4.92. The van der Waals surface area contributed by atoms with E-state index in [1.165, 1.54) is 32.1 Å². The molecule has 2 aliphatic rings. The summed E-state index contributed by atoms with van der Waals surface area (Å²) in [5, 5.41) is 0. The molecule has 1 aliphatic heterocycles. The molecule has 1 saturated heterocycles.